The molecule has 7 nitrogen and oxygen atoms in total. The fraction of sp³-hybridized carbons (Fsp3) is 0.304. The molecule has 1 aromatic heterocycles. The predicted molar refractivity (Wildman–Crippen MR) is 125 cm³/mol. The van der Waals surface area contributed by atoms with Gasteiger partial charge in [0.1, 0.15) is 5.75 Å². The molecule has 1 N–H and O–H groups in total. The molecule has 0 fully saturated rings. The van der Waals surface area contributed by atoms with E-state index in [-0.39, 0.29) is 11.7 Å². The molecule has 3 rings (SSSR count). The zero-order chi connectivity index (χ0) is 22.2. The molecular weight excluding hydrogens is 410 g/mol. The van der Waals surface area contributed by atoms with Gasteiger partial charge < -0.3 is 9.30 Å². The molecule has 31 heavy (non-hydrogen) atoms. The molecule has 0 saturated heterocycles. The van der Waals surface area contributed by atoms with Crippen LogP contribution < -0.4 is 10.2 Å². The largest absolute Gasteiger partial charge is 0.497 e. The Balaban J connectivity index is 1.56. The highest BCUT2D eigenvalue weighted by Crippen LogP contribution is 2.25. The number of nitrogens with zero attached hydrogens (tertiary/aromatic N) is 4. The van der Waals surface area contributed by atoms with Gasteiger partial charge in [-0.1, -0.05) is 49.9 Å². The average Bonchev–Trinajstić information content (AvgIpc) is 3.21. The number of hydrogen-bond donors (Lipinski definition) is 1. The Morgan fingerprint density at radius 3 is 2.48 bits per heavy atom. The van der Waals surface area contributed by atoms with Crippen molar-refractivity contribution >= 4 is 23.9 Å². The van der Waals surface area contributed by atoms with Crippen LogP contribution in [0.3, 0.4) is 0 Å². The topological polar surface area (TPSA) is 81.4 Å². The highest BCUT2D eigenvalue weighted by atomic mass is 32.2. The summed E-state index contributed by atoms with van der Waals surface area (Å²) in [5.74, 6) is 2.03. The van der Waals surface area contributed by atoms with Gasteiger partial charge in [-0.2, -0.15) is 5.10 Å². The summed E-state index contributed by atoms with van der Waals surface area (Å²) in [6.45, 7) is 7.03. The van der Waals surface area contributed by atoms with Gasteiger partial charge in [0.25, 0.3) is 5.91 Å². The average molecular weight is 438 g/mol. The third-order valence-electron chi connectivity index (χ3n) is 4.72. The van der Waals surface area contributed by atoms with Crippen molar-refractivity contribution < 1.29 is 9.53 Å². The Morgan fingerprint density at radius 2 is 1.87 bits per heavy atom. The summed E-state index contributed by atoms with van der Waals surface area (Å²) in [5.41, 5.74) is 5.72. The second-order valence-electron chi connectivity index (χ2n) is 7.18. The van der Waals surface area contributed by atoms with E-state index in [4.69, 9.17) is 4.74 Å². The number of rotatable bonds is 9. The van der Waals surface area contributed by atoms with E-state index in [0.717, 1.165) is 22.7 Å². The maximum Gasteiger partial charge on any atom is 0.250 e. The lowest BCUT2D eigenvalue weighted by Crippen LogP contribution is -2.20. The van der Waals surface area contributed by atoms with Gasteiger partial charge in [0.15, 0.2) is 11.0 Å². The quantitative estimate of drug-likeness (QED) is 0.306. The van der Waals surface area contributed by atoms with Crippen molar-refractivity contribution in [2.75, 3.05) is 12.9 Å². The summed E-state index contributed by atoms with van der Waals surface area (Å²) in [5, 5.41) is 13.3. The number of ether oxygens (including phenoxy) is 1. The highest BCUT2D eigenvalue weighted by Gasteiger charge is 2.14. The van der Waals surface area contributed by atoms with Crippen molar-refractivity contribution in [3.8, 4) is 17.1 Å². The van der Waals surface area contributed by atoms with Crippen LogP contribution in [0.25, 0.3) is 11.4 Å². The zero-order valence-corrected chi connectivity index (χ0v) is 19.0. The standard InChI is InChI=1S/C23H27N5O2S/c1-5-28-22(19-10-12-20(30-4)13-11-19)26-27-23(28)31-15-21(29)25-24-14-17-6-8-18(9-7-17)16(2)3/h6-14,16H,5,15H2,1-4H3,(H,25,29)/b24-14+. The van der Waals surface area contributed by atoms with Crippen LogP contribution in [0.2, 0.25) is 0 Å². The molecule has 0 saturated carbocycles. The summed E-state index contributed by atoms with van der Waals surface area (Å²) < 4.78 is 7.19. The van der Waals surface area contributed by atoms with Crippen molar-refractivity contribution in [3.63, 3.8) is 0 Å². The van der Waals surface area contributed by atoms with E-state index in [1.54, 1.807) is 13.3 Å². The second kappa shape index (κ2) is 10.8. The van der Waals surface area contributed by atoms with Crippen LogP contribution in [-0.4, -0.2) is 39.7 Å². The number of carbonyl (C=O) groups is 1. The molecule has 0 bridgehead atoms. The summed E-state index contributed by atoms with van der Waals surface area (Å²) in [6.07, 6.45) is 1.64. The van der Waals surface area contributed by atoms with Gasteiger partial charge in [-0.15, -0.1) is 10.2 Å². The molecule has 0 radical (unpaired) electrons. The summed E-state index contributed by atoms with van der Waals surface area (Å²) in [6, 6.07) is 15.8. The number of methoxy groups -OCH3 is 1. The summed E-state index contributed by atoms with van der Waals surface area (Å²) >= 11 is 1.33. The monoisotopic (exact) mass is 437 g/mol. The van der Waals surface area contributed by atoms with Crippen molar-refractivity contribution in [2.45, 2.75) is 38.4 Å². The van der Waals surface area contributed by atoms with Crippen molar-refractivity contribution in [1.29, 1.82) is 0 Å². The van der Waals surface area contributed by atoms with Crippen LogP contribution in [0, 0.1) is 0 Å². The van der Waals surface area contributed by atoms with Gasteiger partial charge in [-0.3, -0.25) is 4.79 Å². The first-order valence-corrected chi connectivity index (χ1v) is 11.1. The third kappa shape index (κ3) is 5.95. The smallest absolute Gasteiger partial charge is 0.250 e. The minimum atomic E-state index is -0.197. The fourth-order valence-electron chi connectivity index (χ4n) is 2.94. The van der Waals surface area contributed by atoms with Crippen molar-refractivity contribution in [1.82, 2.24) is 20.2 Å². The minimum Gasteiger partial charge on any atom is -0.497 e. The van der Waals surface area contributed by atoms with E-state index in [0.29, 0.717) is 17.6 Å². The van der Waals surface area contributed by atoms with Gasteiger partial charge in [0.2, 0.25) is 0 Å². The first-order chi connectivity index (χ1) is 15.0. The van der Waals surface area contributed by atoms with Crippen LogP contribution in [-0.2, 0) is 11.3 Å². The highest BCUT2D eigenvalue weighted by molar-refractivity contribution is 7.99. The number of hydrazone groups is 1. The molecule has 0 unspecified atom stereocenters. The first kappa shape index (κ1) is 22.6. The summed E-state index contributed by atoms with van der Waals surface area (Å²) in [7, 11) is 1.63. The van der Waals surface area contributed by atoms with E-state index in [2.05, 4.69) is 46.7 Å². The van der Waals surface area contributed by atoms with Crippen LogP contribution in [0.1, 0.15) is 37.8 Å². The fourth-order valence-corrected chi connectivity index (χ4v) is 3.74. The molecule has 0 spiro atoms. The lowest BCUT2D eigenvalue weighted by Gasteiger charge is -2.07. The number of amides is 1. The van der Waals surface area contributed by atoms with Crippen LogP contribution in [0.5, 0.6) is 5.75 Å². The predicted octanol–water partition coefficient (Wildman–Crippen LogP) is 4.34. The molecule has 3 aromatic rings. The number of aromatic nitrogens is 3. The lowest BCUT2D eigenvalue weighted by molar-refractivity contribution is -0.118. The Hall–Kier alpha value is -3.13. The van der Waals surface area contributed by atoms with E-state index in [1.807, 2.05) is 47.9 Å². The van der Waals surface area contributed by atoms with E-state index >= 15 is 0 Å². The Bertz CT molecular complexity index is 1030. The second-order valence-corrected chi connectivity index (χ2v) is 8.12. The number of benzene rings is 2. The number of thioether (sulfide) groups is 1. The van der Waals surface area contributed by atoms with E-state index in [9.17, 15) is 4.79 Å². The Labute approximate surface area is 186 Å². The number of carbonyl (C=O) groups excluding carboxylic acids is 1. The Morgan fingerprint density at radius 1 is 1.16 bits per heavy atom. The molecule has 1 amide bonds. The minimum absolute atomic E-state index is 0.197. The van der Waals surface area contributed by atoms with Gasteiger partial charge in [-0.25, -0.2) is 5.43 Å². The van der Waals surface area contributed by atoms with Crippen molar-refractivity contribution in [3.05, 3.63) is 59.7 Å². The number of nitrogens with one attached hydrogen (secondary N) is 1. The molecule has 2 aromatic carbocycles. The van der Waals surface area contributed by atoms with Crippen LogP contribution in [0.4, 0.5) is 0 Å². The van der Waals surface area contributed by atoms with Crippen LogP contribution in [0.15, 0.2) is 58.8 Å². The lowest BCUT2D eigenvalue weighted by atomic mass is 10.0. The zero-order valence-electron chi connectivity index (χ0n) is 18.2. The molecule has 162 valence electrons. The van der Waals surface area contributed by atoms with Gasteiger partial charge in [0.05, 0.1) is 19.1 Å². The van der Waals surface area contributed by atoms with E-state index in [1.165, 1.54) is 17.3 Å². The van der Waals surface area contributed by atoms with Gasteiger partial charge >= 0.3 is 0 Å². The maximum absolute atomic E-state index is 12.2. The maximum atomic E-state index is 12.2. The summed E-state index contributed by atoms with van der Waals surface area (Å²) in [4.78, 5) is 12.2. The van der Waals surface area contributed by atoms with Crippen molar-refractivity contribution in [2.24, 2.45) is 5.10 Å². The van der Waals surface area contributed by atoms with E-state index < -0.39 is 0 Å². The molecule has 0 aliphatic heterocycles. The van der Waals surface area contributed by atoms with Crippen LogP contribution >= 0.6 is 11.8 Å². The SMILES string of the molecule is CCn1c(SCC(=O)N/N=C/c2ccc(C(C)C)cc2)nnc1-c1ccc(OC)cc1. The third-order valence-corrected chi connectivity index (χ3v) is 5.69. The normalized spacial score (nSPS) is 11.3. The number of hydrogen-bond acceptors (Lipinski definition) is 6. The Kier molecular flexibility index (Phi) is 7.83. The molecule has 1 heterocycles. The van der Waals surface area contributed by atoms with Gasteiger partial charge in [-0.05, 0) is 48.2 Å². The first-order valence-electron chi connectivity index (χ1n) is 10.1. The molecule has 0 aliphatic rings. The molecule has 8 heteroatoms. The van der Waals surface area contributed by atoms with Gasteiger partial charge in [0, 0.05) is 12.1 Å². The molecule has 0 aliphatic carbocycles. The molecular formula is C23H27N5O2S. The molecule has 0 atom stereocenters.